The summed E-state index contributed by atoms with van der Waals surface area (Å²) in [6.45, 7) is 0.742. The second kappa shape index (κ2) is 10.8. The molecule has 5 atom stereocenters. The van der Waals surface area contributed by atoms with Gasteiger partial charge in [0.15, 0.2) is 12.0 Å². The van der Waals surface area contributed by atoms with Gasteiger partial charge in [0.1, 0.15) is 35.1 Å². The Morgan fingerprint density at radius 1 is 0.974 bits per heavy atom. The standard InChI is InChI=1S/C30H26N2O6S/c1-16(34)23-24(20-13-7-11-17-8-5-6-12-19(17)20)21(14-31)30(39)32(25(23)18-9-3-2-4-10-18)29-28(37)27(36)26(35)22(15-33)38-29/h2-13,22,26-29,33,35-37H,15H2,1H3/t22-,26+,27+,28+,29-/m0/s1. The lowest BCUT2D eigenvalue weighted by molar-refractivity contribution is -0.251. The molecule has 0 spiro atoms. The van der Waals surface area contributed by atoms with Crippen LogP contribution in [0.3, 0.4) is 0 Å². The van der Waals surface area contributed by atoms with Gasteiger partial charge in [-0.15, -0.1) is 0 Å². The van der Waals surface area contributed by atoms with Gasteiger partial charge in [0, 0.05) is 5.56 Å². The Hall–Kier alpha value is -3.75. The van der Waals surface area contributed by atoms with Crippen LogP contribution in [0.25, 0.3) is 33.2 Å². The fraction of sp³-hybridized carbons (Fsp3) is 0.233. The van der Waals surface area contributed by atoms with Gasteiger partial charge in [-0.05, 0) is 28.8 Å². The van der Waals surface area contributed by atoms with Crippen molar-refractivity contribution >= 4 is 28.8 Å². The molecule has 1 aliphatic heterocycles. The first-order chi connectivity index (χ1) is 18.8. The van der Waals surface area contributed by atoms with Crippen LogP contribution >= 0.6 is 12.2 Å². The average molecular weight is 543 g/mol. The van der Waals surface area contributed by atoms with Crippen LogP contribution < -0.4 is 0 Å². The van der Waals surface area contributed by atoms with Crippen molar-refractivity contribution in [2.75, 3.05) is 6.61 Å². The van der Waals surface area contributed by atoms with Gasteiger partial charge in [-0.2, -0.15) is 5.26 Å². The molecule has 8 nitrogen and oxygen atoms in total. The maximum atomic E-state index is 13.5. The van der Waals surface area contributed by atoms with E-state index in [2.05, 4.69) is 6.07 Å². The zero-order valence-electron chi connectivity index (χ0n) is 20.9. The van der Waals surface area contributed by atoms with Crippen molar-refractivity contribution in [3.05, 3.63) is 88.6 Å². The van der Waals surface area contributed by atoms with E-state index >= 15 is 0 Å². The van der Waals surface area contributed by atoms with Gasteiger partial charge in [-0.3, -0.25) is 4.79 Å². The zero-order valence-corrected chi connectivity index (χ0v) is 21.7. The van der Waals surface area contributed by atoms with Gasteiger partial charge in [0.25, 0.3) is 0 Å². The van der Waals surface area contributed by atoms with Gasteiger partial charge in [0.2, 0.25) is 0 Å². The lowest BCUT2D eigenvalue weighted by atomic mass is 9.87. The van der Waals surface area contributed by atoms with Crippen LogP contribution in [0.5, 0.6) is 0 Å². The molecule has 0 aliphatic carbocycles. The molecule has 0 bridgehead atoms. The Morgan fingerprint density at radius 2 is 1.64 bits per heavy atom. The maximum absolute atomic E-state index is 13.5. The van der Waals surface area contributed by atoms with Crippen LogP contribution in [0.15, 0.2) is 72.8 Å². The molecule has 0 saturated carbocycles. The monoisotopic (exact) mass is 542 g/mol. The van der Waals surface area contributed by atoms with E-state index in [9.17, 15) is 30.5 Å². The van der Waals surface area contributed by atoms with Crippen molar-refractivity contribution in [3.63, 3.8) is 0 Å². The summed E-state index contributed by atoms with van der Waals surface area (Å²) in [7, 11) is 0. The number of aliphatic hydroxyl groups excluding tert-OH is 4. The highest BCUT2D eigenvalue weighted by Crippen LogP contribution is 2.42. The Morgan fingerprint density at radius 3 is 2.31 bits per heavy atom. The smallest absolute Gasteiger partial charge is 0.164 e. The number of aliphatic hydroxyl groups is 4. The van der Waals surface area contributed by atoms with Crippen molar-refractivity contribution in [1.29, 1.82) is 5.26 Å². The molecule has 3 aromatic carbocycles. The van der Waals surface area contributed by atoms with Crippen LogP contribution in [0.1, 0.15) is 29.1 Å². The molecule has 39 heavy (non-hydrogen) atoms. The first-order valence-electron chi connectivity index (χ1n) is 12.4. The number of Topliss-reactive ketones (excluding diaryl/α,β-unsaturated/α-hetero) is 1. The van der Waals surface area contributed by atoms with E-state index in [1.54, 1.807) is 30.3 Å². The molecule has 5 rings (SSSR count). The fourth-order valence-electron chi connectivity index (χ4n) is 5.27. The third-order valence-corrected chi connectivity index (χ3v) is 7.50. The average Bonchev–Trinajstić information content (AvgIpc) is 2.96. The number of ketones is 1. The largest absolute Gasteiger partial charge is 0.394 e. The fourth-order valence-corrected chi connectivity index (χ4v) is 5.61. The number of fused-ring (bicyclic) bond motifs is 1. The van der Waals surface area contributed by atoms with Gasteiger partial charge in [-0.1, -0.05) is 85.0 Å². The number of carbonyl (C=O) groups is 1. The molecule has 9 heteroatoms. The van der Waals surface area contributed by atoms with Crippen LogP contribution in [0.4, 0.5) is 0 Å². The number of pyridine rings is 1. The Balaban J connectivity index is 1.95. The normalized spacial score (nSPS) is 22.9. The van der Waals surface area contributed by atoms with Crippen LogP contribution in [0.2, 0.25) is 0 Å². The quantitative estimate of drug-likeness (QED) is 0.221. The molecule has 4 aromatic rings. The molecule has 198 valence electrons. The van der Waals surface area contributed by atoms with E-state index < -0.39 is 37.3 Å². The Kier molecular flexibility index (Phi) is 7.42. The van der Waals surface area contributed by atoms with Crippen molar-refractivity contribution < 1.29 is 30.0 Å². The first kappa shape index (κ1) is 26.8. The maximum Gasteiger partial charge on any atom is 0.164 e. The molecule has 4 N–H and O–H groups in total. The number of carbonyl (C=O) groups excluding carboxylic acids is 1. The molecule has 1 aliphatic rings. The number of aromatic nitrogens is 1. The van der Waals surface area contributed by atoms with Crippen LogP contribution in [0, 0.1) is 16.0 Å². The van der Waals surface area contributed by atoms with Crippen molar-refractivity contribution in [1.82, 2.24) is 4.57 Å². The number of ether oxygens (including phenoxy) is 1. The molecular weight excluding hydrogens is 516 g/mol. The predicted molar refractivity (Wildman–Crippen MR) is 147 cm³/mol. The summed E-state index contributed by atoms with van der Waals surface area (Å²) in [4.78, 5) is 13.5. The van der Waals surface area contributed by atoms with Gasteiger partial charge in [0.05, 0.1) is 23.4 Å². The van der Waals surface area contributed by atoms with E-state index in [0.29, 0.717) is 16.7 Å². The highest BCUT2D eigenvalue weighted by Gasteiger charge is 2.45. The van der Waals surface area contributed by atoms with Crippen molar-refractivity contribution in [2.45, 2.75) is 37.6 Å². The predicted octanol–water partition coefficient (Wildman–Crippen LogP) is 3.75. The second-order valence-corrected chi connectivity index (χ2v) is 9.82. The Bertz CT molecular complexity index is 1660. The molecule has 2 heterocycles. The SMILES string of the molecule is CC(=O)c1c(-c2cccc3ccccc23)c(C#N)c(=S)n([C@H]2O[C@@H](CO)[C@@H](O)[C@@H](O)[C@H]2O)c1-c1ccccc1. The summed E-state index contributed by atoms with van der Waals surface area (Å²) in [5, 5.41) is 53.9. The van der Waals surface area contributed by atoms with E-state index in [1.807, 2.05) is 42.5 Å². The number of nitrogens with zero attached hydrogens (tertiary/aromatic N) is 2. The third-order valence-electron chi connectivity index (χ3n) is 7.10. The molecule has 0 unspecified atom stereocenters. The van der Waals surface area contributed by atoms with Crippen LogP contribution in [-0.2, 0) is 4.74 Å². The van der Waals surface area contributed by atoms with E-state index in [4.69, 9.17) is 17.0 Å². The summed E-state index contributed by atoms with van der Waals surface area (Å²) in [5.74, 6) is -0.360. The van der Waals surface area contributed by atoms with Crippen molar-refractivity contribution in [2.24, 2.45) is 0 Å². The van der Waals surface area contributed by atoms with Gasteiger partial charge >= 0.3 is 0 Å². The number of rotatable bonds is 5. The van der Waals surface area contributed by atoms with Gasteiger partial charge < -0.3 is 29.7 Å². The molecule has 1 aromatic heterocycles. The van der Waals surface area contributed by atoms with Crippen LogP contribution in [-0.4, -0.2) is 61.8 Å². The summed E-state index contributed by atoms with van der Waals surface area (Å²) < 4.78 is 7.19. The highest BCUT2D eigenvalue weighted by molar-refractivity contribution is 7.71. The van der Waals surface area contributed by atoms with E-state index in [-0.39, 0.29) is 27.2 Å². The van der Waals surface area contributed by atoms with E-state index in [0.717, 1.165) is 10.8 Å². The number of nitriles is 1. The minimum Gasteiger partial charge on any atom is -0.394 e. The zero-order chi connectivity index (χ0) is 27.8. The lowest BCUT2D eigenvalue weighted by Gasteiger charge is -2.42. The molecule has 0 radical (unpaired) electrons. The summed E-state index contributed by atoms with van der Waals surface area (Å²) in [6.07, 6.45) is -7.60. The minimum atomic E-state index is -1.69. The number of hydrogen-bond donors (Lipinski definition) is 4. The Labute approximate surface area is 229 Å². The van der Waals surface area contributed by atoms with Gasteiger partial charge in [-0.25, -0.2) is 0 Å². The molecular formula is C30H26N2O6S. The first-order valence-corrected chi connectivity index (χ1v) is 12.8. The topological polar surface area (TPSA) is 136 Å². The molecule has 1 saturated heterocycles. The third kappa shape index (κ3) is 4.47. The molecule has 1 fully saturated rings. The second-order valence-electron chi connectivity index (χ2n) is 9.43. The van der Waals surface area contributed by atoms with E-state index in [1.165, 1.54) is 11.5 Å². The minimum absolute atomic E-state index is 0.0168. The highest BCUT2D eigenvalue weighted by atomic mass is 32.1. The molecule has 0 amide bonds. The summed E-state index contributed by atoms with van der Waals surface area (Å²) in [5.41, 5.74) is 2.02. The summed E-state index contributed by atoms with van der Waals surface area (Å²) >= 11 is 5.84. The van der Waals surface area contributed by atoms with Crippen molar-refractivity contribution in [3.8, 4) is 28.5 Å². The lowest BCUT2D eigenvalue weighted by Crippen LogP contribution is -2.56. The number of benzene rings is 3. The number of hydrogen-bond acceptors (Lipinski definition) is 8. The summed E-state index contributed by atoms with van der Waals surface area (Å²) in [6, 6.07) is 24.2.